The van der Waals surface area contributed by atoms with Gasteiger partial charge in [0.15, 0.2) is 0 Å². The number of rotatable bonds is 4. The van der Waals surface area contributed by atoms with E-state index in [-0.39, 0.29) is 36.2 Å². The standard InChI is InChI=1S/C21H31N3O2.ClH/c1-24(19-8-3-2-4-9-19)21(26)15-10-12-18(13-11-15)23-20(25)16-6-5-7-17(22)14-16;/h10-13,16-17,19H,2-9,14,22H2,1H3,(H,23,25);1H. The van der Waals surface area contributed by atoms with Gasteiger partial charge in [-0.1, -0.05) is 25.7 Å². The minimum Gasteiger partial charge on any atom is -0.339 e. The molecule has 0 bridgehead atoms. The molecule has 0 spiro atoms. The van der Waals surface area contributed by atoms with Crippen LogP contribution in [0.15, 0.2) is 24.3 Å². The first kappa shape index (κ1) is 21.7. The van der Waals surface area contributed by atoms with Crippen molar-refractivity contribution in [3.63, 3.8) is 0 Å². The highest BCUT2D eigenvalue weighted by Gasteiger charge is 2.26. The summed E-state index contributed by atoms with van der Waals surface area (Å²) >= 11 is 0. The molecule has 0 aromatic heterocycles. The molecule has 150 valence electrons. The summed E-state index contributed by atoms with van der Waals surface area (Å²) in [5.74, 6) is 0.101. The predicted molar refractivity (Wildman–Crippen MR) is 111 cm³/mol. The highest BCUT2D eigenvalue weighted by Crippen LogP contribution is 2.25. The Hall–Kier alpha value is -1.59. The fourth-order valence-electron chi connectivity index (χ4n) is 4.24. The Labute approximate surface area is 168 Å². The van der Waals surface area contributed by atoms with E-state index in [0.29, 0.717) is 11.6 Å². The number of nitrogens with two attached hydrogens (primary N) is 1. The van der Waals surface area contributed by atoms with Gasteiger partial charge in [-0.25, -0.2) is 0 Å². The van der Waals surface area contributed by atoms with E-state index in [9.17, 15) is 9.59 Å². The average Bonchev–Trinajstić information content (AvgIpc) is 2.68. The third-order valence-corrected chi connectivity index (χ3v) is 5.93. The van der Waals surface area contributed by atoms with E-state index in [1.165, 1.54) is 19.3 Å². The Morgan fingerprint density at radius 1 is 1.00 bits per heavy atom. The number of nitrogens with one attached hydrogen (secondary N) is 1. The molecule has 2 aliphatic carbocycles. The number of halogens is 1. The molecule has 3 rings (SSSR count). The number of carbonyl (C=O) groups is 2. The number of anilines is 1. The lowest BCUT2D eigenvalue weighted by Gasteiger charge is -2.31. The van der Waals surface area contributed by atoms with Gasteiger partial charge in [-0.3, -0.25) is 9.59 Å². The summed E-state index contributed by atoms with van der Waals surface area (Å²) < 4.78 is 0. The Morgan fingerprint density at radius 2 is 1.67 bits per heavy atom. The van der Waals surface area contributed by atoms with Crippen LogP contribution in [0.2, 0.25) is 0 Å². The molecule has 2 unspecified atom stereocenters. The van der Waals surface area contributed by atoms with Gasteiger partial charge in [0.2, 0.25) is 5.91 Å². The lowest BCUT2D eigenvalue weighted by molar-refractivity contribution is -0.120. The molecule has 0 radical (unpaired) electrons. The lowest BCUT2D eigenvalue weighted by atomic mass is 9.85. The highest BCUT2D eigenvalue weighted by molar-refractivity contribution is 5.96. The van der Waals surface area contributed by atoms with E-state index in [0.717, 1.165) is 44.2 Å². The van der Waals surface area contributed by atoms with Crippen molar-refractivity contribution >= 4 is 29.9 Å². The number of nitrogens with zero attached hydrogens (tertiary/aromatic N) is 1. The van der Waals surface area contributed by atoms with Crippen LogP contribution in [0.4, 0.5) is 5.69 Å². The first-order valence-electron chi connectivity index (χ1n) is 9.98. The van der Waals surface area contributed by atoms with E-state index in [1.807, 2.05) is 36.2 Å². The highest BCUT2D eigenvalue weighted by atomic mass is 35.5. The van der Waals surface area contributed by atoms with Gasteiger partial charge in [-0.2, -0.15) is 0 Å². The Kier molecular flexibility index (Phi) is 8.11. The zero-order valence-corrected chi connectivity index (χ0v) is 17.0. The SMILES string of the molecule is CN(C(=O)c1ccc(NC(=O)C2CCCC(N)C2)cc1)C1CCCCC1.Cl. The summed E-state index contributed by atoms with van der Waals surface area (Å²) in [6.07, 6.45) is 9.57. The van der Waals surface area contributed by atoms with Gasteiger partial charge in [-0.15, -0.1) is 12.4 Å². The van der Waals surface area contributed by atoms with Crippen LogP contribution >= 0.6 is 12.4 Å². The van der Waals surface area contributed by atoms with E-state index < -0.39 is 0 Å². The summed E-state index contributed by atoms with van der Waals surface area (Å²) in [7, 11) is 1.90. The van der Waals surface area contributed by atoms with Crippen molar-refractivity contribution in [2.45, 2.75) is 69.9 Å². The second kappa shape index (κ2) is 10.1. The van der Waals surface area contributed by atoms with Crippen molar-refractivity contribution in [1.29, 1.82) is 0 Å². The quantitative estimate of drug-likeness (QED) is 0.812. The van der Waals surface area contributed by atoms with Gasteiger partial charge in [0, 0.05) is 36.3 Å². The van der Waals surface area contributed by atoms with Crippen LogP contribution in [0.3, 0.4) is 0 Å². The molecule has 0 saturated heterocycles. The predicted octanol–water partition coefficient (Wildman–Crippen LogP) is 3.97. The van der Waals surface area contributed by atoms with Crippen LogP contribution in [0.1, 0.15) is 68.1 Å². The van der Waals surface area contributed by atoms with Crippen LogP contribution in [-0.2, 0) is 4.79 Å². The molecule has 0 aliphatic heterocycles. The zero-order valence-electron chi connectivity index (χ0n) is 16.2. The second-order valence-corrected chi connectivity index (χ2v) is 7.90. The van der Waals surface area contributed by atoms with Crippen LogP contribution in [0, 0.1) is 5.92 Å². The molecular formula is C21H32ClN3O2. The maximum absolute atomic E-state index is 12.7. The van der Waals surface area contributed by atoms with Crippen molar-refractivity contribution in [3.8, 4) is 0 Å². The minimum atomic E-state index is -0.00232. The number of amides is 2. The molecule has 6 heteroatoms. The topological polar surface area (TPSA) is 75.4 Å². The van der Waals surface area contributed by atoms with Crippen LogP contribution in [0.5, 0.6) is 0 Å². The monoisotopic (exact) mass is 393 g/mol. The molecule has 5 nitrogen and oxygen atoms in total. The van der Waals surface area contributed by atoms with Crippen LogP contribution in [0.25, 0.3) is 0 Å². The number of hydrogen-bond acceptors (Lipinski definition) is 3. The van der Waals surface area contributed by atoms with Crippen molar-refractivity contribution in [3.05, 3.63) is 29.8 Å². The first-order valence-corrected chi connectivity index (χ1v) is 9.98. The van der Waals surface area contributed by atoms with E-state index in [4.69, 9.17) is 5.73 Å². The summed E-state index contributed by atoms with van der Waals surface area (Å²) in [4.78, 5) is 27.0. The molecule has 27 heavy (non-hydrogen) atoms. The minimum absolute atomic E-state index is 0. The molecule has 1 aromatic carbocycles. The van der Waals surface area contributed by atoms with Gasteiger partial charge < -0.3 is 16.0 Å². The van der Waals surface area contributed by atoms with E-state index >= 15 is 0 Å². The first-order chi connectivity index (χ1) is 12.5. The molecule has 2 atom stereocenters. The van der Waals surface area contributed by atoms with Crippen LogP contribution < -0.4 is 11.1 Å². The van der Waals surface area contributed by atoms with Crippen molar-refractivity contribution < 1.29 is 9.59 Å². The van der Waals surface area contributed by atoms with Gasteiger partial charge in [0.25, 0.3) is 5.91 Å². The molecule has 1 aromatic rings. The van der Waals surface area contributed by atoms with Crippen molar-refractivity contribution in [1.82, 2.24) is 4.90 Å². The Bertz CT molecular complexity index is 629. The second-order valence-electron chi connectivity index (χ2n) is 7.90. The fraction of sp³-hybridized carbons (Fsp3) is 0.619. The van der Waals surface area contributed by atoms with E-state index in [2.05, 4.69) is 5.32 Å². The molecule has 2 saturated carbocycles. The smallest absolute Gasteiger partial charge is 0.253 e. The van der Waals surface area contributed by atoms with Crippen molar-refractivity contribution in [2.75, 3.05) is 12.4 Å². The van der Waals surface area contributed by atoms with Crippen LogP contribution in [-0.4, -0.2) is 35.8 Å². The molecule has 0 heterocycles. The fourth-order valence-corrected chi connectivity index (χ4v) is 4.24. The molecule has 2 amide bonds. The summed E-state index contributed by atoms with van der Waals surface area (Å²) in [5.41, 5.74) is 7.40. The Morgan fingerprint density at radius 3 is 2.30 bits per heavy atom. The number of benzene rings is 1. The molecular weight excluding hydrogens is 362 g/mol. The maximum atomic E-state index is 12.7. The number of carbonyl (C=O) groups excluding carboxylic acids is 2. The normalized spacial score (nSPS) is 23.2. The number of hydrogen-bond donors (Lipinski definition) is 2. The summed E-state index contributed by atoms with van der Waals surface area (Å²) in [6, 6.07) is 7.75. The average molecular weight is 394 g/mol. The van der Waals surface area contributed by atoms with Gasteiger partial charge in [0.05, 0.1) is 0 Å². The molecule has 2 fully saturated rings. The molecule has 3 N–H and O–H groups in total. The van der Waals surface area contributed by atoms with E-state index in [1.54, 1.807) is 0 Å². The third-order valence-electron chi connectivity index (χ3n) is 5.93. The summed E-state index contributed by atoms with van der Waals surface area (Å²) in [6.45, 7) is 0. The maximum Gasteiger partial charge on any atom is 0.253 e. The van der Waals surface area contributed by atoms with Gasteiger partial charge in [0.1, 0.15) is 0 Å². The van der Waals surface area contributed by atoms with Gasteiger partial charge >= 0.3 is 0 Å². The largest absolute Gasteiger partial charge is 0.339 e. The zero-order chi connectivity index (χ0) is 18.5. The third kappa shape index (κ3) is 5.69. The molecule has 2 aliphatic rings. The summed E-state index contributed by atoms with van der Waals surface area (Å²) in [5, 5.41) is 2.97. The van der Waals surface area contributed by atoms with Crippen molar-refractivity contribution in [2.24, 2.45) is 11.7 Å². The van der Waals surface area contributed by atoms with Gasteiger partial charge in [-0.05, 0) is 56.4 Å². The Balaban J connectivity index is 0.00000261. The lowest BCUT2D eigenvalue weighted by Crippen LogP contribution is -2.38.